The van der Waals surface area contributed by atoms with Crippen LogP contribution in [0.2, 0.25) is 0 Å². The topological polar surface area (TPSA) is 69.6 Å². The van der Waals surface area contributed by atoms with Crippen LogP contribution in [0.3, 0.4) is 0 Å². The number of rotatable bonds is 4. The van der Waals surface area contributed by atoms with Crippen LogP contribution in [0.15, 0.2) is 23.7 Å². The molecule has 8 heteroatoms. The Morgan fingerprint density at radius 2 is 1.97 bits per heavy atom. The van der Waals surface area contributed by atoms with Gasteiger partial charge in [0.15, 0.2) is 0 Å². The van der Waals surface area contributed by atoms with Crippen LogP contribution in [0.4, 0.5) is 0 Å². The number of amides is 2. The Morgan fingerprint density at radius 1 is 1.17 bits per heavy atom. The van der Waals surface area contributed by atoms with Gasteiger partial charge in [0.25, 0.3) is 5.91 Å². The second-order valence-corrected chi connectivity index (χ2v) is 8.91. The highest BCUT2D eigenvalue weighted by Crippen LogP contribution is 2.31. The van der Waals surface area contributed by atoms with E-state index in [-0.39, 0.29) is 17.9 Å². The number of aryl methyl sites for hydroxylation is 1. The summed E-state index contributed by atoms with van der Waals surface area (Å²) in [7, 11) is 2.07. The number of hydrogen-bond donors (Lipinski definition) is 0. The molecule has 0 radical (unpaired) electrons. The summed E-state index contributed by atoms with van der Waals surface area (Å²) in [5.41, 5.74) is 2.32. The van der Waals surface area contributed by atoms with Crippen LogP contribution < -0.4 is 0 Å². The Bertz CT molecular complexity index is 873. The zero-order valence-electron chi connectivity index (χ0n) is 17.0. The van der Waals surface area contributed by atoms with Crippen LogP contribution in [0, 0.1) is 6.92 Å². The Morgan fingerprint density at radius 3 is 2.62 bits per heavy atom. The Hall–Kier alpha value is -2.32. The molecular weight excluding hydrogens is 386 g/mol. The van der Waals surface area contributed by atoms with Gasteiger partial charge in [0.2, 0.25) is 5.91 Å². The fourth-order valence-corrected chi connectivity index (χ4v) is 4.65. The Kier molecular flexibility index (Phi) is 5.91. The normalized spacial score (nSPS) is 20.3. The highest BCUT2D eigenvalue weighted by Gasteiger charge is 2.31. The van der Waals surface area contributed by atoms with Crippen molar-refractivity contribution < 1.29 is 9.59 Å². The van der Waals surface area contributed by atoms with Gasteiger partial charge in [0, 0.05) is 44.3 Å². The molecule has 0 saturated carbocycles. The third-order valence-electron chi connectivity index (χ3n) is 5.74. The number of likely N-dealkylation sites (N-methyl/N-ethyl adjacent to an activating group) is 1. The number of carbonyl (C=O) groups excluding carboxylic acids is 2. The maximum Gasteiger partial charge on any atom is 0.255 e. The smallest absolute Gasteiger partial charge is 0.255 e. The van der Waals surface area contributed by atoms with Gasteiger partial charge in [0.05, 0.1) is 34.4 Å². The first-order valence-electron chi connectivity index (χ1n) is 10.2. The molecule has 0 N–H and O–H groups in total. The maximum atomic E-state index is 12.8. The lowest BCUT2D eigenvalue weighted by molar-refractivity contribution is -0.131. The second-order valence-electron chi connectivity index (χ2n) is 7.85. The third kappa shape index (κ3) is 4.48. The quantitative estimate of drug-likeness (QED) is 0.768. The van der Waals surface area contributed by atoms with E-state index in [1.165, 1.54) is 0 Å². The van der Waals surface area contributed by atoms with Gasteiger partial charge >= 0.3 is 0 Å². The van der Waals surface area contributed by atoms with Crippen molar-refractivity contribution in [3.63, 3.8) is 0 Å². The van der Waals surface area contributed by atoms with Gasteiger partial charge < -0.3 is 14.7 Å². The number of thiazole rings is 1. The molecule has 0 spiro atoms. The van der Waals surface area contributed by atoms with E-state index in [1.54, 1.807) is 17.5 Å². The lowest BCUT2D eigenvalue weighted by atomic mass is 10.1. The first-order chi connectivity index (χ1) is 14.0. The highest BCUT2D eigenvalue weighted by atomic mass is 32.1. The first kappa shape index (κ1) is 20.0. The van der Waals surface area contributed by atoms with Gasteiger partial charge in [-0.15, -0.1) is 11.3 Å². The number of likely N-dealkylation sites (tertiary alicyclic amines) is 1. The summed E-state index contributed by atoms with van der Waals surface area (Å²) in [5, 5.41) is 2.93. The summed E-state index contributed by atoms with van der Waals surface area (Å²) in [5.74, 6) is 0.132. The zero-order valence-corrected chi connectivity index (χ0v) is 17.8. The number of carbonyl (C=O) groups is 2. The van der Waals surface area contributed by atoms with Crippen molar-refractivity contribution in [1.82, 2.24) is 24.7 Å². The predicted octanol–water partition coefficient (Wildman–Crippen LogP) is 2.14. The molecule has 1 unspecified atom stereocenters. The van der Waals surface area contributed by atoms with Gasteiger partial charge in [-0.2, -0.15) is 0 Å². The molecule has 2 fully saturated rings. The number of aromatic nitrogens is 2. The molecule has 2 amide bonds. The highest BCUT2D eigenvalue weighted by molar-refractivity contribution is 7.09. The summed E-state index contributed by atoms with van der Waals surface area (Å²) < 4.78 is 0. The van der Waals surface area contributed by atoms with Crippen LogP contribution in [0.1, 0.15) is 45.6 Å². The molecule has 2 aromatic heterocycles. The van der Waals surface area contributed by atoms with Crippen molar-refractivity contribution in [1.29, 1.82) is 0 Å². The molecule has 7 nitrogen and oxygen atoms in total. The van der Waals surface area contributed by atoms with Gasteiger partial charge in [-0.25, -0.2) is 4.98 Å². The van der Waals surface area contributed by atoms with Crippen LogP contribution in [0.25, 0.3) is 0 Å². The molecule has 29 heavy (non-hydrogen) atoms. The molecule has 0 bridgehead atoms. The number of nitrogens with zero attached hydrogens (tertiary/aromatic N) is 5. The minimum Gasteiger partial charge on any atom is -0.336 e. The van der Waals surface area contributed by atoms with E-state index in [2.05, 4.69) is 21.9 Å². The van der Waals surface area contributed by atoms with Crippen LogP contribution >= 0.6 is 11.3 Å². The van der Waals surface area contributed by atoms with E-state index in [9.17, 15) is 9.59 Å². The third-order valence-corrected chi connectivity index (χ3v) is 6.56. The van der Waals surface area contributed by atoms with E-state index in [0.29, 0.717) is 12.0 Å². The second kappa shape index (κ2) is 8.59. The van der Waals surface area contributed by atoms with Crippen LogP contribution in [0.5, 0.6) is 0 Å². The van der Waals surface area contributed by atoms with Crippen molar-refractivity contribution >= 4 is 23.2 Å². The minimum absolute atomic E-state index is 0.0185. The predicted molar refractivity (Wildman–Crippen MR) is 112 cm³/mol. The largest absolute Gasteiger partial charge is 0.336 e. The van der Waals surface area contributed by atoms with Gasteiger partial charge in [-0.05, 0) is 38.9 Å². The fraction of sp³-hybridized carbons (Fsp3) is 0.524. The van der Waals surface area contributed by atoms with Crippen LogP contribution in [-0.4, -0.2) is 76.3 Å². The molecule has 4 rings (SSSR count). The number of pyridine rings is 1. The van der Waals surface area contributed by atoms with Gasteiger partial charge in [0.1, 0.15) is 0 Å². The summed E-state index contributed by atoms with van der Waals surface area (Å²) in [6.45, 7) is 5.99. The summed E-state index contributed by atoms with van der Waals surface area (Å²) >= 11 is 1.57. The SMILES string of the molecule is Cc1nc(CC(=O)N2CCCC2c2ccc(C(=O)N3CCN(C)CC3)cn2)cs1. The van der Waals surface area contributed by atoms with Crippen LogP contribution in [-0.2, 0) is 11.2 Å². The fourth-order valence-electron chi connectivity index (χ4n) is 4.04. The van der Waals surface area contributed by atoms with Crippen molar-refractivity contribution in [2.24, 2.45) is 0 Å². The molecule has 0 aromatic carbocycles. The van der Waals surface area contributed by atoms with Crippen molar-refractivity contribution in [2.45, 2.75) is 32.2 Å². The van der Waals surface area contributed by atoms with Crippen molar-refractivity contribution in [3.05, 3.63) is 45.7 Å². The standard InChI is InChI=1S/C21H27N5O2S/c1-15-23-17(14-29-15)12-20(27)26-7-3-4-19(26)18-6-5-16(13-22-18)21(28)25-10-8-24(2)9-11-25/h5-6,13-14,19H,3-4,7-12H2,1-2H3. The lowest BCUT2D eigenvalue weighted by Gasteiger charge is -2.32. The van der Waals surface area contributed by atoms with E-state index >= 15 is 0 Å². The number of hydrogen-bond acceptors (Lipinski definition) is 6. The Labute approximate surface area is 175 Å². The number of piperazine rings is 1. The molecule has 4 heterocycles. The molecule has 154 valence electrons. The van der Waals surface area contributed by atoms with Gasteiger partial charge in [-0.3, -0.25) is 14.6 Å². The molecule has 1 atom stereocenters. The van der Waals surface area contributed by atoms with E-state index < -0.39 is 0 Å². The Balaban J connectivity index is 1.42. The first-order valence-corrected chi connectivity index (χ1v) is 11.0. The zero-order chi connectivity index (χ0) is 20.4. The minimum atomic E-state index is -0.0185. The summed E-state index contributed by atoms with van der Waals surface area (Å²) in [6.07, 6.45) is 3.87. The maximum absolute atomic E-state index is 12.8. The van der Waals surface area contributed by atoms with Crippen molar-refractivity contribution in [2.75, 3.05) is 39.8 Å². The summed E-state index contributed by atoms with van der Waals surface area (Å²) in [6, 6.07) is 3.75. The molecule has 0 aliphatic carbocycles. The average Bonchev–Trinajstić information content (AvgIpc) is 3.37. The van der Waals surface area contributed by atoms with E-state index in [1.807, 2.05) is 34.2 Å². The van der Waals surface area contributed by atoms with Gasteiger partial charge in [-0.1, -0.05) is 0 Å². The summed E-state index contributed by atoms with van der Waals surface area (Å²) in [4.78, 5) is 40.5. The lowest BCUT2D eigenvalue weighted by Crippen LogP contribution is -2.47. The van der Waals surface area contributed by atoms with E-state index in [0.717, 1.165) is 62.0 Å². The van der Waals surface area contributed by atoms with E-state index in [4.69, 9.17) is 0 Å². The molecule has 2 aliphatic heterocycles. The average molecular weight is 414 g/mol. The molecule has 2 aliphatic rings. The van der Waals surface area contributed by atoms with Crippen molar-refractivity contribution in [3.8, 4) is 0 Å². The molecule has 2 saturated heterocycles. The molecule has 2 aromatic rings. The monoisotopic (exact) mass is 413 g/mol. The molecular formula is C21H27N5O2S.